The van der Waals surface area contributed by atoms with E-state index in [0.29, 0.717) is 17.1 Å². The molecule has 1 heterocycles. The number of aryl methyl sites for hydroxylation is 1. The highest BCUT2D eigenvalue weighted by Crippen LogP contribution is 2.31. The normalized spacial score (nSPS) is 24.7. The molecule has 1 saturated carbocycles. The first-order valence-electron chi connectivity index (χ1n) is 5.06. The van der Waals surface area contributed by atoms with Crippen LogP contribution in [0.15, 0.2) is 17.2 Å². The van der Waals surface area contributed by atoms with Gasteiger partial charge in [-0.15, -0.1) is 11.6 Å². The minimum atomic E-state index is -0.0840. The molecule has 0 radical (unpaired) electrons. The second-order valence-electron chi connectivity index (χ2n) is 4.01. The summed E-state index contributed by atoms with van der Waals surface area (Å²) < 4.78 is 1.51. The summed E-state index contributed by atoms with van der Waals surface area (Å²) in [6, 6.07) is 0. The van der Waals surface area contributed by atoms with Crippen molar-refractivity contribution in [1.29, 1.82) is 0 Å². The highest BCUT2D eigenvalue weighted by Gasteiger charge is 2.26. The fraction of sp³-hybridized carbons (Fsp3) is 0.600. The third kappa shape index (κ3) is 2.31. The maximum Gasteiger partial charge on any atom is 0.293 e. The standard InChI is InChI=1S/C10H14ClN3O/c1-14-3-2-12-9(10(14)15)13-6-7-4-8(11)5-7/h2-3,7-8H,4-6H2,1H3,(H,12,13). The molecular formula is C10H14ClN3O. The molecule has 0 aromatic carbocycles. The van der Waals surface area contributed by atoms with E-state index in [1.165, 1.54) is 4.57 Å². The van der Waals surface area contributed by atoms with Crippen molar-refractivity contribution in [2.75, 3.05) is 11.9 Å². The maximum absolute atomic E-state index is 11.6. The lowest BCUT2D eigenvalue weighted by Gasteiger charge is -2.30. The Morgan fingerprint density at radius 1 is 1.67 bits per heavy atom. The minimum absolute atomic E-state index is 0.0840. The summed E-state index contributed by atoms with van der Waals surface area (Å²) in [5, 5.41) is 3.40. The molecule has 1 N–H and O–H groups in total. The van der Waals surface area contributed by atoms with Crippen molar-refractivity contribution in [3.05, 3.63) is 22.7 Å². The summed E-state index contributed by atoms with van der Waals surface area (Å²) in [6.45, 7) is 0.787. The van der Waals surface area contributed by atoms with Gasteiger partial charge in [0, 0.05) is 31.4 Å². The van der Waals surface area contributed by atoms with Crippen LogP contribution >= 0.6 is 11.6 Å². The van der Waals surface area contributed by atoms with Crippen LogP contribution in [0.25, 0.3) is 0 Å². The van der Waals surface area contributed by atoms with Crippen molar-refractivity contribution in [2.45, 2.75) is 18.2 Å². The first kappa shape index (κ1) is 10.5. The molecule has 0 aliphatic heterocycles. The molecule has 2 rings (SSSR count). The molecule has 82 valence electrons. The first-order chi connectivity index (χ1) is 7.16. The number of rotatable bonds is 3. The average Bonchev–Trinajstić information content (AvgIpc) is 2.17. The molecule has 15 heavy (non-hydrogen) atoms. The van der Waals surface area contributed by atoms with Crippen LogP contribution in [0.3, 0.4) is 0 Å². The van der Waals surface area contributed by atoms with Crippen LogP contribution in [0.5, 0.6) is 0 Å². The SMILES string of the molecule is Cn1ccnc(NCC2CC(Cl)C2)c1=O. The van der Waals surface area contributed by atoms with Crippen LogP contribution in [-0.4, -0.2) is 21.5 Å². The minimum Gasteiger partial charge on any atom is -0.365 e. The predicted octanol–water partition coefficient (Wildman–Crippen LogP) is 1.21. The summed E-state index contributed by atoms with van der Waals surface area (Å²) in [4.78, 5) is 15.6. The number of alkyl halides is 1. The van der Waals surface area contributed by atoms with Crippen molar-refractivity contribution in [3.63, 3.8) is 0 Å². The van der Waals surface area contributed by atoms with Crippen LogP contribution in [0.4, 0.5) is 5.82 Å². The number of hydrogen-bond donors (Lipinski definition) is 1. The quantitative estimate of drug-likeness (QED) is 0.790. The van der Waals surface area contributed by atoms with Gasteiger partial charge in [0.05, 0.1) is 0 Å². The molecule has 5 heteroatoms. The van der Waals surface area contributed by atoms with Crippen molar-refractivity contribution in [3.8, 4) is 0 Å². The Morgan fingerprint density at radius 3 is 3.07 bits per heavy atom. The molecule has 4 nitrogen and oxygen atoms in total. The largest absolute Gasteiger partial charge is 0.365 e. The van der Waals surface area contributed by atoms with E-state index in [4.69, 9.17) is 11.6 Å². The zero-order valence-corrected chi connectivity index (χ0v) is 9.37. The van der Waals surface area contributed by atoms with E-state index in [-0.39, 0.29) is 5.56 Å². The first-order valence-corrected chi connectivity index (χ1v) is 5.50. The van der Waals surface area contributed by atoms with E-state index in [0.717, 1.165) is 19.4 Å². The predicted molar refractivity (Wildman–Crippen MR) is 60.3 cm³/mol. The third-order valence-electron chi connectivity index (χ3n) is 2.75. The van der Waals surface area contributed by atoms with E-state index in [2.05, 4.69) is 10.3 Å². The zero-order chi connectivity index (χ0) is 10.8. The number of nitrogens with zero attached hydrogens (tertiary/aromatic N) is 2. The van der Waals surface area contributed by atoms with Gasteiger partial charge in [0.1, 0.15) is 0 Å². The van der Waals surface area contributed by atoms with Crippen LogP contribution in [0, 0.1) is 5.92 Å². The smallest absolute Gasteiger partial charge is 0.293 e. The number of halogens is 1. The van der Waals surface area contributed by atoms with Gasteiger partial charge in [0.2, 0.25) is 0 Å². The average molecular weight is 228 g/mol. The lowest BCUT2D eigenvalue weighted by molar-refractivity contribution is 0.341. The van der Waals surface area contributed by atoms with Crippen molar-refractivity contribution in [1.82, 2.24) is 9.55 Å². The molecule has 1 aliphatic carbocycles. The van der Waals surface area contributed by atoms with Gasteiger partial charge >= 0.3 is 0 Å². The second-order valence-corrected chi connectivity index (χ2v) is 4.62. The lowest BCUT2D eigenvalue weighted by atomic mass is 9.85. The molecule has 0 bridgehead atoms. The fourth-order valence-corrected chi connectivity index (χ4v) is 2.19. The van der Waals surface area contributed by atoms with Gasteiger partial charge in [-0.3, -0.25) is 4.79 Å². The Bertz CT molecular complexity index is 398. The summed E-state index contributed by atoms with van der Waals surface area (Å²) in [5.74, 6) is 1.01. The van der Waals surface area contributed by atoms with Gasteiger partial charge in [0.15, 0.2) is 5.82 Å². The molecule has 1 aromatic rings. The van der Waals surface area contributed by atoms with Crippen molar-refractivity contribution < 1.29 is 0 Å². The number of nitrogens with one attached hydrogen (secondary N) is 1. The van der Waals surface area contributed by atoms with Gasteiger partial charge < -0.3 is 9.88 Å². The summed E-state index contributed by atoms with van der Waals surface area (Å²) >= 11 is 5.87. The summed E-state index contributed by atoms with van der Waals surface area (Å²) in [5.41, 5.74) is -0.0840. The Labute approximate surface area is 93.3 Å². The second kappa shape index (κ2) is 4.23. The van der Waals surface area contributed by atoms with Gasteiger partial charge in [-0.2, -0.15) is 0 Å². The topological polar surface area (TPSA) is 46.9 Å². The summed E-state index contributed by atoms with van der Waals surface area (Å²) in [7, 11) is 1.72. The van der Waals surface area contributed by atoms with Crippen LogP contribution < -0.4 is 10.9 Å². The zero-order valence-electron chi connectivity index (χ0n) is 8.61. The molecule has 0 saturated heterocycles. The Morgan fingerprint density at radius 2 is 2.40 bits per heavy atom. The van der Waals surface area contributed by atoms with Crippen molar-refractivity contribution >= 4 is 17.4 Å². The molecule has 0 unspecified atom stereocenters. The highest BCUT2D eigenvalue weighted by molar-refractivity contribution is 6.21. The molecule has 1 fully saturated rings. The van der Waals surface area contributed by atoms with E-state index in [9.17, 15) is 4.79 Å². The molecule has 0 spiro atoms. The number of aromatic nitrogens is 2. The fourth-order valence-electron chi connectivity index (χ4n) is 1.68. The van der Waals surface area contributed by atoms with Crippen LogP contribution in [0.2, 0.25) is 0 Å². The van der Waals surface area contributed by atoms with Gasteiger partial charge in [-0.1, -0.05) is 0 Å². The van der Waals surface area contributed by atoms with Gasteiger partial charge in [-0.25, -0.2) is 4.98 Å². The highest BCUT2D eigenvalue weighted by atomic mass is 35.5. The molecule has 1 aromatic heterocycles. The number of anilines is 1. The molecule has 1 aliphatic rings. The lowest BCUT2D eigenvalue weighted by Crippen LogP contribution is -2.32. The third-order valence-corrected chi connectivity index (χ3v) is 3.11. The number of hydrogen-bond acceptors (Lipinski definition) is 3. The molecular weight excluding hydrogens is 214 g/mol. The Balaban J connectivity index is 1.94. The van der Waals surface area contributed by atoms with Gasteiger partial charge in [0.25, 0.3) is 5.56 Å². The Hall–Kier alpha value is -1.03. The maximum atomic E-state index is 11.6. The molecule has 0 atom stereocenters. The summed E-state index contributed by atoms with van der Waals surface area (Å²) in [6.07, 6.45) is 5.32. The van der Waals surface area contributed by atoms with Gasteiger partial charge in [-0.05, 0) is 18.8 Å². The monoisotopic (exact) mass is 227 g/mol. The van der Waals surface area contributed by atoms with E-state index in [1.807, 2.05) is 0 Å². The van der Waals surface area contributed by atoms with E-state index < -0.39 is 0 Å². The van der Waals surface area contributed by atoms with E-state index >= 15 is 0 Å². The van der Waals surface area contributed by atoms with E-state index in [1.54, 1.807) is 19.4 Å². The van der Waals surface area contributed by atoms with Crippen LogP contribution in [-0.2, 0) is 7.05 Å². The molecule has 0 amide bonds. The van der Waals surface area contributed by atoms with Crippen LogP contribution in [0.1, 0.15) is 12.8 Å². The Kier molecular flexibility index (Phi) is 2.95. The van der Waals surface area contributed by atoms with Crippen molar-refractivity contribution in [2.24, 2.45) is 13.0 Å².